The molecule has 10 heteroatoms. The van der Waals surface area contributed by atoms with E-state index in [9.17, 15) is 19.7 Å². The van der Waals surface area contributed by atoms with E-state index in [2.05, 4.69) is 35.7 Å². The molecule has 0 bridgehead atoms. The number of benzene rings is 2. The molecule has 1 aliphatic carbocycles. The fourth-order valence-electron chi connectivity index (χ4n) is 6.40. The van der Waals surface area contributed by atoms with Crippen molar-refractivity contribution >= 4 is 17.9 Å². The molecule has 1 aliphatic heterocycles. The first-order valence-electron chi connectivity index (χ1n) is 15.5. The van der Waals surface area contributed by atoms with E-state index in [1.807, 2.05) is 33.9 Å². The molecule has 2 aromatic rings. The van der Waals surface area contributed by atoms with Crippen molar-refractivity contribution in [2.24, 2.45) is 5.92 Å². The Bertz CT molecular complexity index is 1270. The Kier molecular flexibility index (Phi) is 11.0. The van der Waals surface area contributed by atoms with E-state index in [0.717, 1.165) is 45.3 Å². The van der Waals surface area contributed by atoms with Crippen molar-refractivity contribution in [3.8, 4) is 0 Å². The number of piperidine rings is 1. The number of rotatable bonds is 10. The van der Waals surface area contributed by atoms with Crippen LogP contribution < -0.4 is 0 Å². The molecule has 2 aliphatic rings. The molecular weight excluding hydrogens is 560 g/mol. The van der Waals surface area contributed by atoms with Crippen molar-refractivity contribution < 1.29 is 24.0 Å². The summed E-state index contributed by atoms with van der Waals surface area (Å²) in [5.41, 5.74) is 1.46. The number of likely N-dealkylation sites (tertiary alicyclic amines) is 1. The Morgan fingerprint density at radius 3 is 2.27 bits per heavy atom. The van der Waals surface area contributed by atoms with Gasteiger partial charge in [-0.3, -0.25) is 10.1 Å². The minimum atomic E-state index is -0.539. The summed E-state index contributed by atoms with van der Waals surface area (Å²) in [5.74, 6) is 0.732. The molecular formula is C34H46N4O6. The highest BCUT2D eigenvalue weighted by Crippen LogP contribution is 2.42. The zero-order valence-corrected chi connectivity index (χ0v) is 26.4. The molecule has 2 aromatic carbocycles. The van der Waals surface area contributed by atoms with Gasteiger partial charge in [-0.1, -0.05) is 36.4 Å². The Labute approximate surface area is 260 Å². The summed E-state index contributed by atoms with van der Waals surface area (Å²) in [5, 5.41) is 10.9. The van der Waals surface area contributed by atoms with Crippen LogP contribution in [0.2, 0.25) is 0 Å². The third-order valence-corrected chi connectivity index (χ3v) is 8.69. The lowest BCUT2D eigenvalue weighted by molar-refractivity contribution is -0.384. The van der Waals surface area contributed by atoms with Gasteiger partial charge in [0.25, 0.3) is 5.69 Å². The number of hydrogen-bond acceptors (Lipinski definition) is 7. The van der Waals surface area contributed by atoms with Crippen LogP contribution in [-0.4, -0.2) is 82.7 Å². The third kappa shape index (κ3) is 8.81. The molecule has 1 saturated carbocycles. The van der Waals surface area contributed by atoms with Gasteiger partial charge in [0.15, 0.2) is 0 Å². The Morgan fingerprint density at radius 2 is 1.68 bits per heavy atom. The molecule has 2 amide bonds. The van der Waals surface area contributed by atoms with Gasteiger partial charge in [0.1, 0.15) is 12.2 Å². The van der Waals surface area contributed by atoms with Crippen molar-refractivity contribution in [1.29, 1.82) is 0 Å². The number of nitro benzene ring substituents is 1. The summed E-state index contributed by atoms with van der Waals surface area (Å²) >= 11 is 0. The summed E-state index contributed by atoms with van der Waals surface area (Å²) in [6.07, 6.45) is 4.48. The van der Waals surface area contributed by atoms with Crippen LogP contribution in [0.25, 0.3) is 0 Å². The predicted molar refractivity (Wildman–Crippen MR) is 169 cm³/mol. The van der Waals surface area contributed by atoms with Gasteiger partial charge < -0.3 is 24.2 Å². The predicted octanol–water partition coefficient (Wildman–Crippen LogP) is 6.61. The van der Waals surface area contributed by atoms with Gasteiger partial charge in [-0.2, -0.15) is 0 Å². The molecule has 0 radical (unpaired) electrons. The smallest absolute Gasteiger partial charge is 0.410 e. The summed E-state index contributed by atoms with van der Waals surface area (Å²) < 4.78 is 11.3. The first-order chi connectivity index (χ1) is 20.9. The van der Waals surface area contributed by atoms with Crippen LogP contribution in [0.4, 0.5) is 15.3 Å². The van der Waals surface area contributed by atoms with E-state index >= 15 is 0 Å². The highest BCUT2D eigenvalue weighted by Gasteiger charge is 2.40. The molecule has 2 fully saturated rings. The highest BCUT2D eigenvalue weighted by molar-refractivity contribution is 5.68. The zero-order chi connectivity index (χ0) is 31.9. The van der Waals surface area contributed by atoms with Gasteiger partial charge in [0.2, 0.25) is 0 Å². The van der Waals surface area contributed by atoms with Gasteiger partial charge in [0.05, 0.1) is 4.92 Å². The van der Waals surface area contributed by atoms with Crippen LogP contribution in [0.3, 0.4) is 0 Å². The number of nitro groups is 1. The van der Waals surface area contributed by atoms with Gasteiger partial charge in [-0.15, -0.1) is 6.58 Å². The maximum Gasteiger partial charge on any atom is 0.410 e. The highest BCUT2D eigenvalue weighted by atomic mass is 16.6. The summed E-state index contributed by atoms with van der Waals surface area (Å²) in [4.78, 5) is 42.4. The summed E-state index contributed by atoms with van der Waals surface area (Å²) in [6, 6.07) is 16.7. The van der Waals surface area contributed by atoms with Crippen molar-refractivity contribution in [2.75, 3.05) is 33.2 Å². The second-order valence-electron chi connectivity index (χ2n) is 12.9. The standard InChI is InChI=1S/C34H46N4O6/c1-6-18-37(33(40)43-24-25-12-14-29(15-13-25)38(41)42)28-16-19-36(20-17-28)23-27-21-30(35(5)32(39)44-34(2,3)4)22-31(27)26-10-8-7-9-11-26/h6-15,27-28,30-31H,1,16-24H2,2-5H3/t27-,30+,31-/m0/s1. The maximum absolute atomic E-state index is 13.1. The zero-order valence-electron chi connectivity index (χ0n) is 26.4. The number of nitrogens with zero attached hydrogens (tertiary/aromatic N) is 4. The van der Waals surface area contributed by atoms with Crippen molar-refractivity contribution in [1.82, 2.24) is 14.7 Å². The lowest BCUT2D eigenvalue weighted by Gasteiger charge is -2.39. The molecule has 0 spiro atoms. The number of amides is 2. The van der Waals surface area contributed by atoms with Crippen LogP contribution in [0, 0.1) is 16.0 Å². The van der Waals surface area contributed by atoms with Gasteiger partial charge in [-0.05, 0) is 81.5 Å². The van der Waals surface area contributed by atoms with Gasteiger partial charge in [-0.25, -0.2) is 9.59 Å². The fraction of sp³-hybridized carbons (Fsp3) is 0.529. The Hall–Kier alpha value is -3.92. The summed E-state index contributed by atoms with van der Waals surface area (Å²) in [7, 11) is 1.85. The molecule has 0 aromatic heterocycles. The number of ether oxygens (including phenoxy) is 2. The van der Waals surface area contributed by atoms with Crippen molar-refractivity contribution in [3.05, 3.63) is 88.5 Å². The minimum absolute atomic E-state index is 0.00149. The number of carbonyl (C=O) groups is 2. The van der Waals surface area contributed by atoms with E-state index in [-0.39, 0.29) is 30.5 Å². The van der Waals surface area contributed by atoms with Crippen LogP contribution >= 0.6 is 0 Å². The van der Waals surface area contributed by atoms with Gasteiger partial charge >= 0.3 is 12.2 Å². The Morgan fingerprint density at radius 1 is 1.02 bits per heavy atom. The second-order valence-corrected chi connectivity index (χ2v) is 12.9. The lowest BCUT2D eigenvalue weighted by Crippen LogP contribution is -2.48. The first kappa shape index (κ1) is 33.0. The van der Waals surface area contributed by atoms with E-state index < -0.39 is 16.6 Å². The molecule has 1 saturated heterocycles. The van der Waals surface area contributed by atoms with Crippen LogP contribution in [-0.2, 0) is 16.1 Å². The summed E-state index contributed by atoms with van der Waals surface area (Å²) in [6.45, 7) is 12.6. The number of carbonyl (C=O) groups excluding carboxylic acids is 2. The lowest BCUT2D eigenvalue weighted by atomic mass is 9.88. The van der Waals surface area contributed by atoms with Crippen LogP contribution in [0.1, 0.15) is 63.5 Å². The number of non-ortho nitro benzene ring substituents is 1. The molecule has 0 N–H and O–H groups in total. The van der Waals surface area contributed by atoms with E-state index in [0.29, 0.717) is 23.9 Å². The second kappa shape index (κ2) is 14.7. The van der Waals surface area contributed by atoms with Crippen molar-refractivity contribution in [2.45, 2.75) is 76.7 Å². The average Bonchev–Trinajstić information content (AvgIpc) is 3.42. The molecule has 0 unspecified atom stereocenters. The molecule has 10 nitrogen and oxygen atoms in total. The van der Waals surface area contributed by atoms with Crippen LogP contribution in [0.15, 0.2) is 67.3 Å². The Balaban J connectivity index is 1.34. The first-order valence-corrected chi connectivity index (χ1v) is 15.5. The SMILES string of the molecule is C=CCN(C(=O)OCc1ccc([N+](=O)[O-])cc1)C1CCN(C[C@@H]2C[C@@H](N(C)C(=O)OC(C)(C)C)C[C@H]2c2ccccc2)CC1. The quantitative estimate of drug-likeness (QED) is 0.170. The fourth-order valence-corrected chi connectivity index (χ4v) is 6.40. The molecule has 3 atom stereocenters. The number of hydrogen-bond donors (Lipinski definition) is 0. The topological polar surface area (TPSA) is 105 Å². The molecule has 4 rings (SSSR count). The molecule has 1 heterocycles. The van der Waals surface area contributed by atoms with Gasteiger partial charge in [0, 0.05) is 57.4 Å². The van der Waals surface area contributed by atoms with E-state index in [4.69, 9.17) is 9.47 Å². The molecule has 238 valence electrons. The van der Waals surface area contributed by atoms with Crippen LogP contribution in [0.5, 0.6) is 0 Å². The normalized spacial score (nSPS) is 21.0. The van der Waals surface area contributed by atoms with E-state index in [1.54, 1.807) is 28.0 Å². The largest absolute Gasteiger partial charge is 0.445 e. The van der Waals surface area contributed by atoms with Crippen molar-refractivity contribution in [3.63, 3.8) is 0 Å². The average molecular weight is 607 g/mol. The molecule has 44 heavy (non-hydrogen) atoms. The minimum Gasteiger partial charge on any atom is -0.445 e. The third-order valence-electron chi connectivity index (χ3n) is 8.69. The monoisotopic (exact) mass is 606 g/mol. The van der Waals surface area contributed by atoms with E-state index in [1.165, 1.54) is 17.7 Å². The maximum atomic E-state index is 13.1.